The summed E-state index contributed by atoms with van der Waals surface area (Å²) in [6.07, 6.45) is 4.06. The smallest absolute Gasteiger partial charge is 0.410 e. The molecule has 1 aromatic carbocycles. The minimum absolute atomic E-state index is 0.134. The van der Waals surface area contributed by atoms with Crippen LogP contribution in [0.4, 0.5) is 4.79 Å². The Morgan fingerprint density at radius 2 is 1.76 bits per heavy atom. The maximum absolute atomic E-state index is 14.1. The van der Waals surface area contributed by atoms with E-state index in [1.165, 1.54) is 18.9 Å². The van der Waals surface area contributed by atoms with Crippen LogP contribution in [-0.2, 0) is 11.3 Å². The van der Waals surface area contributed by atoms with Crippen LogP contribution >= 0.6 is 23.4 Å². The maximum Gasteiger partial charge on any atom is 0.410 e. The number of halogens is 1. The van der Waals surface area contributed by atoms with Crippen LogP contribution in [0.5, 0.6) is 11.5 Å². The van der Waals surface area contributed by atoms with E-state index in [0.29, 0.717) is 64.5 Å². The molecule has 0 radical (unpaired) electrons. The summed E-state index contributed by atoms with van der Waals surface area (Å²) >= 11 is 8.12. The molecule has 0 aliphatic carbocycles. The van der Waals surface area contributed by atoms with Gasteiger partial charge in [-0.3, -0.25) is 14.3 Å². The van der Waals surface area contributed by atoms with Crippen molar-refractivity contribution < 1.29 is 19.0 Å². The second-order valence-electron chi connectivity index (χ2n) is 11.5. The molecule has 1 amide bonds. The Hall–Kier alpha value is -3.02. The van der Waals surface area contributed by atoms with Crippen molar-refractivity contribution in [3.8, 4) is 22.6 Å². The van der Waals surface area contributed by atoms with E-state index < -0.39 is 5.60 Å². The molecule has 0 N–H and O–H groups in total. The fourth-order valence-corrected chi connectivity index (χ4v) is 5.99. The van der Waals surface area contributed by atoms with Gasteiger partial charge in [-0.05, 0) is 59.4 Å². The van der Waals surface area contributed by atoms with Gasteiger partial charge in [0.1, 0.15) is 22.7 Å². The molecule has 1 aliphatic heterocycles. The molecule has 42 heavy (non-hydrogen) atoms. The van der Waals surface area contributed by atoms with Crippen LogP contribution < -0.4 is 15.0 Å². The minimum Gasteiger partial charge on any atom is -0.497 e. The van der Waals surface area contributed by atoms with E-state index >= 15 is 0 Å². The van der Waals surface area contributed by atoms with Crippen LogP contribution in [0, 0.1) is 0 Å². The molecular weight excluding hydrogens is 578 g/mol. The number of aryl methyl sites for hydroxylation is 1. The number of hydrogen-bond donors (Lipinski definition) is 0. The van der Waals surface area contributed by atoms with E-state index in [2.05, 4.69) is 23.7 Å². The van der Waals surface area contributed by atoms with Crippen LogP contribution in [0.3, 0.4) is 0 Å². The van der Waals surface area contributed by atoms with Crippen molar-refractivity contribution in [1.82, 2.24) is 24.3 Å². The third kappa shape index (κ3) is 6.95. The summed E-state index contributed by atoms with van der Waals surface area (Å²) in [4.78, 5) is 40.0. The highest BCUT2D eigenvalue weighted by Crippen LogP contribution is 2.38. The highest BCUT2D eigenvalue weighted by molar-refractivity contribution is 7.98. The quantitative estimate of drug-likeness (QED) is 0.237. The SMILES string of the molecule is COc1cc(OC)c(Cl)c(-c2cc3cnc(SC)nc3n(CCCN3[C@H](C)CN(C(=O)OC(C)(C)C)C[C@@H]3C)c2=O)c1. The Labute approximate surface area is 256 Å². The zero-order chi connectivity index (χ0) is 30.8. The second-order valence-corrected chi connectivity index (χ2v) is 12.7. The molecular formula is C30H40ClN5O5S. The van der Waals surface area contributed by atoms with Gasteiger partial charge in [0.25, 0.3) is 5.56 Å². The van der Waals surface area contributed by atoms with Gasteiger partial charge in [-0.15, -0.1) is 0 Å². The largest absolute Gasteiger partial charge is 0.497 e. The summed E-state index contributed by atoms with van der Waals surface area (Å²) in [5.74, 6) is 0.944. The van der Waals surface area contributed by atoms with E-state index in [1.54, 1.807) is 41.0 Å². The lowest BCUT2D eigenvalue weighted by atomic mass is 10.0. The van der Waals surface area contributed by atoms with Gasteiger partial charge < -0.3 is 19.1 Å². The van der Waals surface area contributed by atoms with Gasteiger partial charge in [0.2, 0.25) is 0 Å². The van der Waals surface area contributed by atoms with Gasteiger partial charge in [0.15, 0.2) is 5.16 Å². The molecule has 4 rings (SSSR count). The molecule has 3 aromatic rings. The minimum atomic E-state index is -0.536. The number of pyridine rings is 1. The number of benzene rings is 1. The van der Waals surface area contributed by atoms with Crippen molar-refractivity contribution >= 4 is 40.5 Å². The van der Waals surface area contributed by atoms with Crippen molar-refractivity contribution in [3.05, 3.63) is 39.8 Å². The standard InChI is InChI=1S/C30H40ClN5O5S/c1-18-16-34(29(38)41-30(3,4)5)17-19(2)35(18)10-9-11-36-26-20(15-32-28(33-26)42-8)12-23(27(36)37)22-13-21(39-6)14-24(40-7)25(22)31/h12-15,18-19H,9-11,16-17H2,1-8H3/t18-,19+. The molecule has 2 atom stereocenters. The van der Waals surface area contributed by atoms with Gasteiger partial charge in [0.05, 0.1) is 19.2 Å². The molecule has 12 heteroatoms. The fraction of sp³-hybridized carbons (Fsp3) is 0.533. The number of methoxy groups -OCH3 is 2. The third-order valence-electron chi connectivity index (χ3n) is 7.30. The molecule has 2 aromatic heterocycles. The van der Waals surface area contributed by atoms with E-state index in [-0.39, 0.29) is 23.7 Å². The van der Waals surface area contributed by atoms with Crippen molar-refractivity contribution in [3.63, 3.8) is 0 Å². The summed E-state index contributed by atoms with van der Waals surface area (Å²) in [5.41, 5.74) is 0.762. The summed E-state index contributed by atoms with van der Waals surface area (Å²) in [6, 6.07) is 5.47. The summed E-state index contributed by atoms with van der Waals surface area (Å²) < 4.78 is 18.2. The molecule has 10 nitrogen and oxygen atoms in total. The van der Waals surface area contributed by atoms with Crippen LogP contribution in [0.15, 0.2) is 34.3 Å². The molecule has 0 unspecified atom stereocenters. The molecule has 1 fully saturated rings. The van der Waals surface area contributed by atoms with Gasteiger partial charge in [-0.25, -0.2) is 14.8 Å². The number of aromatic nitrogens is 3. The molecule has 1 saturated heterocycles. The lowest BCUT2D eigenvalue weighted by molar-refractivity contribution is -0.00793. The monoisotopic (exact) mass is 617 g/mol. The number of piperazine rings is 1. The first-order chi connectivity index (χ1) is 19.9. The van der Waals surface area contributed by atoms with E-state index in [1.807, 2.05) is 27.0 Å². The van der Waals surface area contributed by atoms with E-state index in [4.69, 9.17) is 30.8 Å². The normalized spacial score (nSPS) is 17.9. The average Bonchev–Trinajstić information content (AvgIpc) is 2.94. The second kappa shape index (κ2) is 13.1. The number of rotatable bonds is 8. The van der Waals surface area contributed by atoms with Crippen molar-refractivity contribution in [1.29, 1.82) is 0 Å². The molecule has 1 aliphatic rings. The molecule has 3 heterocycles. The average molecular weight is 618 g/mol. The number of fused-ring (bicyclic) bond motifs is 1. The number of amides is 1. The Kier molecular flexibility index (Phi) is 9.95. The molecule has 0 spiro atoms. The fourth-order valence-electron chi connectivity index (χ4n) is 5.36. The van der Waals surface area contributed by atoms with Crippen molar-refractivity contribution in [2.45, 2.75) is 70.4 Å². The van der Waals surface area contributed by atoms with Crippen LogP contribution in [0.1, 0.15) is 41.0 Å². The highest BCUT2D eigenvalue weighted by atomic mass is 35.5. The predicted molar refractivity (Wildman–Crippen MR) is 167 cm³/mol. The number of carbonyl (C=O) groups excluding carboxylic acids is 1. The van der Waals surface area contributed by atoms with Crippen LogP contribution in [0.2, 0.25) is 5.02 Å². The number of nitrogens with zero attached hydrogens (tertiary/aromatic N) is 5. The lowest BCUT2D eigenvalue weighted by Gasteiger charge is -2.44. The number of carbonyl (C=O) groups is 1. The first-order valence-electron chi connectivity index (χ1n) is 14.0. The Balaban J connectivity index is 1.63. The first-order valence-corrected chi connectivity index (χ1v) is 15.6. The van der Waals surface area contributed by atoms with Gasteiger partial charge in [0, 0.05) is 67.0 Å². The maximum atomic E-state index is 14.1. The van der Waals surface area contributed by atoms with E-state index in [9.17, 15) is 9.59 Å². The van der Waals surface area contributed by atoms with Crippen molar-refractivity contribution in [2.24, 2.45) is 0 Å². The Bertz CT molecular complexity index is 1500. The molecule has 228 valence electrons. The highest BCUT2D eigenvalue weighted by Gasteiger charge is 2.33. The topological polar surface area (TPSA) is 99.0 Å². The summed E-state index contributed by atoms with van der Waals surface area (Å²) in [5, 5.41) is 1.64. The number of thioether (sulfide) groups is 1. The van der Waals surface area contributed by atoms with Crippen molar-refractivity contribution in [2.75, 3.05) is 40.1 Å². The lowest BCUT2D eigenvalue weighted by Crippen LogP contribution is -2.58. The summed E-state index contributed by atoms with van der Waals surface area (Å²) in [7, 11) is 3.08. The number of ether oxygens (including phenoxy) is 3. The van der Waals surface area contributed by atoms with E-state index in [0.717, 1.165) is 11.9 Å². The predicted octanol–water partition coefficient (Wildman–Crippen LogP) is 5.57. The Morgan fingerprint density at radius 3 is 2.36 bits per heavy atom. The van der Waals surface area contributed by atoms with Gasteiger partial charge in [-0.2, -0.15) is 0 Å². The van der Waals surface area contributed by atoms with Crippen LogP contribution in [-0.4, -0.2) is 88.2 Å². The van der Waals surface area contributed by atoms with Gasteiger partial charge >= 0.3 is 6.09 Å². The van der Waals surface area contributed by atoms with Crippen LogP contribution in [0.25, 0.3) is 22.2 Å². The molecule has 0 saturated carbocycles. The number of hydrogen-bond acceptors (Lipinski definition) is 9. The summed E-state index contributed by atoms with van der Waals surface area (Å²) in [6.45, 7) is 12.2. The first kappa shape index (κ1) is 31.9. The molecule has 0 bridgehead atoms. The Morgan fingerprint density at radius 1 is 1.07 bits per heavy atom. The van der Waals surface area contributed by atoms with Gasteiger partial charge in [-0.1, -0.05) is 23.4 Å². The zero-order valence-corrected chi connectivity index (χ0v) is 27.1. The zero-order valence-electron chi connectivity index (χ0n) is 25.6. The third-order valence-corrected chi connectivity index (χ3v) is 8.25.